The fourth-order valence-electron chi connectivity index (χ4n) is 1.70. The number of ether oxygens (including phenoxy) is 2. The summed E-state index contributed by atoms with van der Waals surface area (Å²) >= 11 is 0. The molecule has 1 aromatic carbocycles. The molecule has 1 heterocycles. The Morgan fingerprint density at radius 1 is 1.22 bits per heavy atom. The number of anilines is 1. The SMILES string of the molecule is COc1ccccc1NC(=O)c1ccc(OCC(F)(F)F)nc1. The lowest BCUT2D eigenvalue weighted by atomic mass is 10.2. The Morgan fingerprint density at radius 2 is 1.96 bits per heavy atom. The number of alkyl halides is 3. The molecule has 0 saturated carbocycles. The van der Waals surface area contributed by atoms with Crippen molar-refractivity contribution in [3.05, 3.63) is 48.2 Å². The van der Waals surface area contributed by atoms with Gasteiger partial charge in [0.05, 0.1) is 18.4 Å². The van der Waals surface area contributed by atoms with Crippen molar-refractivity contribution in [1.29, 1.82) is 0 Å². The number of nitrogens with zero attached hydrogens (tertiary/aromatic N) is 1. The Morgan fingerprint density at radius 3 is 2.57 bits per heavy atom. The van der Waals surface area contributed by atoms with E-state index in [1.807, 2.05) is 0 Å². The van der Waals surface area contributed by atoms with Crippen molar-refractivity contribution in [2.24, 2.45) is 0 Å². The maximum Gasteiger partial charge on any atom is 0.422 e. The summed E-state index contributed by atoms with van der Waals surface area (Å²) in [7, 11) is 1.47. The van der Waals surface area contributed by atoms with Crippen LogP contribution in [0.25, 0.3) is 0 Å². The van der Waals surface area contributed by atoms with E-state index in [0.29, 0.717) is 11.4 Å². The predicted octanol–water partition coefficient (Wildman–Crippen LogP) is 3.28. The summed E-state index contributed by atoms with van der Waals surface area (Å²) in [4.78, 5) is 15.8. The van der Waals surface area contributed by atoms with Crippen LogP contribution >= 0.6 is 0 Å². The molecule has 0 bridgehead atoms. The number of aromatic nitrogens is 1. The third kappa shape index (κ3) is 4.87. The molecule has 1 N–H and O–H groups in total. The van der Waals surface area contributed by atoms with Crippen LogP contribution in [0.5, 0.6) is 11.6 Å². The second-order valence-corrected chi connectivity index (χ2v) is 4.44. The van der Waals surface area contributed by atoms with Crippen molar-refractivity contribution >= 4 is 11.6 Å². The smallest absolute Gasteiger partial charge is 0.422 e. The summed E-state index contributed by atoms with van der Waals surface area (Å²) in [5.74, 6) is -0.195. The van der Waals surface area contributed by atoms with Crippen LogP contribution in [0.3, 0.4) is 0 Å². The molecule has 0 radical (unpaired) electrons. The number of benzene rings is 1. The van der Waals surface area contributed by atoms with Crippen LogP contribution in [0.15, 0.2) is 42.6 Å². The van der Waals surface area contributed by atoms with Gasteiger partial charge in [0, 0.05) is 12.3 Å². The van der Waals surface area contributed by atoms with Crippen molar-refractivity contribution in [1.82, 2.24) is 4.98 Å². The van der Waals surface area contributed by atoms with Gasteiger partial charge in [0.2, 0.25) is 5.88 Å². The molecule has 0 unspecified atom stereocenters. The molecule has 1 amide bonds. The molecule has 0 spiro atoms. The molecule has 2 aromatic rings. The van der Waals surface area contributed by atoms with Gasteiger partial charge in [-0.25, -0.2) is 4.98 Å². The molecule has 0 fully saturated rings. The van der Waals surface area contributed by atoms with Gasteiger partial charge in [0.25, 0.3) is 5.91 Å². The lowest BCUT2D eigenvalue weighted by Crippen LogP contribution is -2.19. The number of halogens is 3. The molecule has 1 aromatic heterocycles. The van der Waals surface area contributed by atoms with E-state index in [9.17, 15) is 18.0 Å². The van der Waals surface area contributed by atoms with Gasteiger partial charge in [-0.1, -0.05) is 12.1 Å². The molecule has 0 atom stereocenters. The first kappa shape index (κ1) is 16.6. The lowest BCUT2D eigenvalue weighted by molar-refractivity contribution is -0.154. The van der Waals surface area contributed by atoms with Crippen LogP contribution in [0, 0.1) is 0 Å². The third-order valence-corrected chi connectivity index (χ3v) is 2.74. The zero-order valence-corrected chi connectivity index (χ0v) is 12.1. The van der Waals surface area contributed by atoms with Crippen LogP contribution in [-0.2, 0) is 0 Å². The van der Waals surface area contributed by atoms with Crippen LogP contribution < -0.4 is 14.8 Å². The highest BCUT2D eigenvalue weighted by molar-refractivity contribution is 6.04. The fraction of sp³-hybridized carbons (Fsp3) is 0.200. The summed E-state index contributed by atoms with van der Waals surface area (Å²) in [6.07, 6.45) is -3.31. The van der Waals surface area contributed by atoms with Gasteiger partial charge >= 0.3 is 6.18 Å². The molecule has 0 aliphatic carbocycles. The van der Waals surface area contributed by atoms with Gasteiger partial charge in [0.1, 0.15) is 5.75 Å². The highest BCUT2D eigenvalue weighted by atomic mass is 19.4. The number of hydrogen-bond acceptors (Lipinski definition) is 4. The first-order chi connectivity index (χ1) is 10.9. The van der Waals surface area contributed by atoms with Crippen LogP contribution in [0.4, 0.5) is 18.9 Å². The number of carbonyl (C=O) groups is 1. The van der Waals surface area contributed by atoms with E-state index in [0.717, 1.165) is 6.20 Å². The van der Waals surface area contributed by atoms with Gasteiger partial charge in [-0.3, -0.25) is 4.79 Å². The number of carbonyl (C=O) groups excluding carboxylic acids is 1. The maximum atomic E-state index is 12.1. The second kappa shape index (κ2) is 6.99. The van der Waals surface area contributed by atoms with E-state index >= 15 is 0 Å². The Hall–Kier alpha value is -2.77. The van der Waals surface area contributed by atoms with Crippen LogP contribution in [0.1, 0.15) is 10.4 Å². The number of methoxy groups -OCH3 is 1. The largest absolute Gasteiger partial charge is 0.495 e. The first-order valence-corrected chi connectivity index (χ1v) is 6.49. The first-order valence-electron chi connectivity index (χ1n) is 6.49. The normalized spacial score (nSPS) is 11.0. The fourth-order valence-corrected chi connectivity index (χ4v) is 1.70. The van der Waals surface area contributed by atoms with E-state index in [-0.39, 0.29) is 11.4 Å². The van der Waals surface area contributed by atoms with Crippen LogP contribution in [0.2, 0.25) is 0 Å². The van der Waals surface area contributed by atoms with Crippen molar-refractivity contribution in [3.8, 4) is 11.6 Å². The zero-order chi connectivity index (χ0) is 16.9. The Labute approximate surface area is 130 Å². The average Bonchev–Trinajstić information content (AvgIpc) is 2.53. The molecule has 8 heteroatoms. The van der Waals surface area contributed by atoms with E-state index < -0.39 is 18.7 Å². The number of amides is 1. The predicted molar refractivity (Wildman–Crippen MR) is 76.7 cm³/mol. The summed E-state index contributed by atoms with van der Waals surface area (Å²) < 4.78 is 45.7. The number of nitrogens with one attached hydrogen (secondary N) is 1. The maximum absolute atomic E-state index is 12.1. The lowest BCUT2D eigenvalue weighted by Gasteiger charge is -2.10. The van der Waals surface area contributed by atoms with Crippen molar-refractivity contribution < 1.29 is 27.4 Å². The Kier molecular flexibility index (Phi) is 5.05. The zero-order valence-electron chi connectivity index (χ0n) is 12.1. The summed E-state index contributed by atoms with van der Waals surface area (Å²) in [6, 6.07) is 9.34. The van der Waals surface area contributed by atoms with Gasteiger partial charge < -0.3 is 14.8 Å². The molecular weight excluding hydrogens is 313 g/mol. The van der Waals surface area contributed by atoms with Crippen LogP contribution in [-0.4, -0.2) is 30.8 Å². The molecule has 122 valence electrons. The van der Waals surface area contributed by atoms with E-state index in [1.165, 1.54) is 19.2 Å². The van der Waals surface area contributed by atoms with Gasteiger partial charge in [-0.2, -0.15) is 13.2 Å². The average molecular weight is 326 g/mol. The molecule has 0 aliphatic rings. The number of pyridine rings is 1. The molecule has 0 saturated heterocycles. The molecule has 0 aliphatic heterocycles. The molecule has 23 heavy (non-hydrogen) atoms. The number of rotatable bonds is 5. The summed E-state index contributed by atoms with van der Waals surface area (Å²) in [6.45, 7) is -1.44. The number of para-hydroxylation sites is 2. The minimum atomic E-state index is -4.44. The van der Waals surface area contributed by atoms with Gasteiger partial charge in [-0.05, 0) is 18.2 Å². The van der Waals surface area contributed by atoms with Gasteiger partial charge in [0.15, 0.2) is 6.61 Å². The molecular formula is C15H13F3N2O3. The van der Waals surface area contributed by atoms with Crippen molar-refractivity contribution in [2.75, 3.05) is 19.0 Å². The minimum absolute atomic E-state index is 0.176. The monoisotopic (exact) mass is 326 g/mol. The molecule has 2 rings (SSSR count). The molecule has 5 nitrogen and oxygen atoms in total. The van der Waals surface area contributed by atoms with Crippen molar-refractivity contribution in [2.45, 2.75) is 6.18 Å². The summed E-state index contributed by atoms with van der Waals surface area (Å²) in [5.41, 5.74) is 0.646. The van der Waals surface area contributed by atoms with E-state index in [2.05, 4.69) is 15.0 Å². The summed E-state index contributed by atoms with van der Waals surface area (Å²) in [5, 5.41) is 2.63. The Balaban J connectivity index is 2.03. The minimum Gasteiger partial charge on any atom is -0.495 e. The topological polar surface area (TPSA) is 60.5 Å². The Bertz CT molecular complexity index is 672. The highest BCUT2D eigenvalue weighted by Gasteiger charge is 2.28. The second-order valence-electron chi connectivity index (χ2n) is 4.44. The standard InChI is InChI=1S/C15H13F3N2O3/c1-22-12-5-3-2-4-11(12)20-14(21)10-6-7-13(19-8-10)23-9-15(16,17)18/h2-8H,9H2,1H3,(H,20,21). The number of hydrogen-bond donors (Lipinski definition) is 1. The van der Waals surface area contributed by atoms with Gasteiger partial charge in [-0.15, -0.1) is 0 Å². The quantitative estimate of drug-likeness (QED) is 0.916. The van der Waals surface area contributed by atoms with Crippen molar-refractivity contribution in [3.63, 3.8) is 0 Å². The third-order valence-electron chi connectivity index (χ3n) is 2.74. The highest BCUT2D eigenvalue weighted by Crippen LogP contribution is 2.24. The van der Waals surface area contributed by atoms with E-state index in [1.54, 1.807) is 24.3 Å². The van der Waals surface area contributed by atoms with E-state index in [4.69, 9.17) is 4.74 Å².